The van der Waals surface area contributed by atoms with Gasteiger partial charge >= 0.3 is 5.97 Å². The first-order valence-corrected chi connectivity index (χ1v) is 17.4. The number of carbonyl (C=O) groups is 1. The molecule has 2 aliphatic heterocycles. The van der Waals surface area contributed by atoms with E-state index in [2.05, 4.69) is 39.9 Å². The fourth-order valence-electron chi connectivity index (χ4n) is 4.49. The number of para-hydroxylation sites is 1. The van der Waals surface area contributed by atoms with Gasteiger partial charge in [0.1, 0.15) is 11.9 Å². The monoisotopic (exact) mass is 578 g/mol. The van der Waals surface area contributed by atoms with Crippen LogP contribution in [0, 0.1) is 0 Å². The number of esters is 1. The normalized spacial score (nSPS) is 24.8. The third-order valence-electron chi connectivity index (χ3n) is 7.87. The maximum absolute atomic E-state index is 12.8. The second-order valence-corrected chi connectivity index (χ2v) is 17.9. The second-order valence-electron chi connectivity index (χ2n) is 12.6. The number of hydrogen-bond acceptors (Lipinski definition) is 6. The largest absolute Gasteiger partial charge is 0.426 e. The van der Waals surface area contributed by atoms with Crippen molar-refractivity contribution in [2.45, 2.75) is 122 Å². The summed E-state index contributed by atoms with van der Waals surface area (Å²) >= 11 is 6.58. The first-order valence-electron chi connectivity index (χ1n) is 14.1. The number of hydrogen-bond donors (Lipinski definition) is 0. The summed E-state index contributed by atoms with van der Waals surface area (Å²) in [5.74, 6) is -0.314. The average Bonchev–Trinajstić information content (AvgIpc) is 3.23. The third-order valence-corrected chi connectivity index (χ3v) is 12.7. The molecule has 0 aliphatic carbocycles. The molecule has 0 spiro atoms. The summed E-state index contributed by atoms with van der Waals surface area (Å²) < 4.78 is 30.1. The van der Waals surface area contributed by atoms with E-state index in [4.69, 9.17) is 35.0 Å². The van der Waals surface area contributed by atoms with E-state index in [1.807, 2.05) is 45.0 Å². The van der Waals surface area contributed by atoms with Gasteiger partial charge in [-0.05, 0) is 75.9 Å². The Hall–Kier alpha value is -1.48. The van der Waals surface area contributed by atoms with Crippen LogP contribution in [-0.2, 0) is 23.4 Å². The van der Waals surface area contributed by atoms with Crippen molar-refractivity contribution < 1.29 is 28.2 Å². The highest BCUT2D eigenvalue weighted by Crippen LogP contribution is 2.39. The maximum Gasteiger partial charge on any atom is 0.314 e. The van der Waals surface area contributed by atoms with Crippen LogP contribution < -0.4 is 4.74 Å². The van der Waals surface area contributed by atoms with E-state index in [1.54, 1.807) is 12.1 Å². The Kier molecular flexibility index (Phi) is 11.1. The van der Waals surface area contributed by atoms with Crippen molar-refractivity contribution in [3.63, 3.8) is 0 Å². The maximum atomic E-state index is 12.8. The van der Waals surface area contributed by atoms with Crippen molar-refractivity contribution in [2.24, 2.45) is 0 Å². The fraction of sp³-hybridized carbons (Fsp3) is 0.645. The first kappa shape index (κ1) is 32.0. The third kappa shape index (κ3) is 9.83. The quantitative estimate of drug-likeness (QED) is 0.115. The molecule has 0 unspecified atom stereocenters. The average molecular weight is 579 g/mol. The first-order chi connectivity index (χ1) is 18.1. The van der Waals surface area contributed by atoms with Gasteiger partial charge in [-0.1, -0.05) is 62.7 Å². The van der Waals surface area contributed by atoms with Crippen LogP contribution in [0.1, 0.15) is 73.6 Å². The molecule has 2 fully saturated rings. The molecule has 2 saturated heterocycles. The van der Waals surface area contributed by atoms with Crippen LogP contribution in [0.4, 0.5) is 0 Å². The molecule has 0 aromatic heterocycles. The van der Waals surface area contributed by atoms with Crippen LogP contribution in [0.15, 0.2) is 53.1 Å². The Balaban J connectivity index is 1.56. The zero-order valence-electron chi connectivity index (χ0n) is 24.9. The summed E-state index contributed by atoms with van der Waals surface area (Å²) in [7, 11) is -2.12. The molecule has 2 heterocycles. The van der Waals surface area contributed by atoms with E-state index in [9.17, 15) is 4.79 Å². The van der Waals surface area contributed by atoms with E-state index >= 15 is 0 Å². The minimum atomic E-state index is -2.12. The molecule has 0 radical (unpaired) electrons. The highest BCUT2D eigenvalue weighted by Gasteiger charge is 2.44. The van der Waals surface area contributed by atoms with Crippen molar-refractivity contribution in [1.82, 2.24) is 0 Å². The van der Waals surface area contributed by atoms with Gasteiger partial charge in [0.2, 0.25) is 0 Å². The van der Waals surface area contributed by atoms with Gasteiger partial charge < -0.3 is 23.4 Å². The summed E-state index contributed by atoms with van der Waals surface area (Å²) in [6.45, 7) is 17.5. The zero-order valence-corrected chi connectivity index (χ0v) is 26.7. The number of rotatable bonds is 11. The molecular formula is C31H47ClO6Si. The molecule has 8 heteroatoms. The van der Waals surface area contributed by atoms with Crippen LogP contribution in [0.3, 0.4) is 0 Å². The Bertz CT molecular complexity index is 1010. The van der Waals surface area contributed by atoms with E-state index in [-0.39, 0.29) is 41.8 Å². The van der Waals surface area contributed by atoms with E-state index < -0.39 is 14.1 Å². The summed E-state index contributed by atoms with van der Waals surface area (Å²) in [4.78, 5) is 12.8. The van der Waals surface area contributed by atoms with Gasteiger partial charge in [-0.2, -0.15) is 0 Å². The lowest BCUT2D eigenvalue weighted by molar-refractivity contribution is -0.293. The summed E-state index contributed by atoms with van der Waals surface area (Å²) in [6.07, 6.45) is 7.26. The Morgan fingerprint density at radius 2 is 1.87 bits per heavy atom. The van der Waals surface area contributed by atoms with Gasteiger partial charge in [-0.15, -0.1) is 0 Å². The lowest BCUT2D eigenvalue weighted by atomic mass is 10.1. The topological polar surface area (TPSA) is 63.2 Å². The molecule has 0 saturated carbocycles. The van der Waals surface area contributed by atoms with Crippen LogP contribution in [0.2, 0.25) is 18.1 Å². The highest BCUT2D eigenvalue weighted by molar-refractivity contribution is 6.74. The van der Waals surface area contributed by atoms with Crippen molar-refractivity contribution in [3.05, 3.63) is 53.1 Å². The fourth-order valence-corrected chi connectivity index (χ4v) is 6.02. The minimum Gasteiger partial charge on any atom is -0.426 e. The smallest absolute Gasteiger partial charge is 0.314 e. The standard InChI is InChI=1S/C31H47ClO6Si/c1-22(13-12-14-23(32)17-18-25-19-27-28(35-25)21-34-31(5,6)37-27)26(38-39(7,8)30(2,3)4)20-29(33)36-24-15-10-9-11-16-24/h9-11,13-16,25-28H,12,17-21H2,1-8H3/b22-13+,23-14-/t25-,26-,27-,28-/m0/s1. The summed E-state index contributed by atoms with van der Waals surface area (Å²) in [5, 5.41) is 0.825. The summed E-state index contributed by atoms with van der Waals surface area (Å²) in [5.41, 5.74) is 1.01. The molecule has 6 nitrogen and oxygen atoms in total. The Morgan fingerprint density at radius 3 is 2.54 bits per heavy atom. The predicted octanol–water partition coefficient (Wildman–Crippen LogP) is 7.92. The highest BCUT2D eigenvalue weighted by atomic mass is 35.5. The number of halogens is 1. The van der Waals surface area contributed by atoms with E-state index in [0.717, 1.165) is 29.9 Å². The van der Waals surface area contributed by atoms with Gasteiger partial charge in [-0.25, -0.2) is 0 Å². The van der Waals surface area contributed by atoms with Crippen LogP contribution >= 0.6 is 11.6 Å². The van der Waals surface area contributed by atoms with Gasteiger partial charge in [0, 0.05) is 11.5 Å². The van der Waals surface area contributed by atoms with Crippen LogP contribution in [0.25, 0.3) is 0 Å². The van der Waals surface area contributed by atoms with E-state index in [1.165, 1.54) is 0 Å². The molecule has 0 bridgehead atoms. The molecule has 218 valence electrons. The van der Waals surface area contributed by atoms with Gasteiger partial charge in [0.05, 0.1) is 31.3 Å². The molecule has 1 aromatic carbocycles. The predicted molar refractivity (Wildman–Crippen MR) is 158 cm³/mol. The van der Waals surface area contributed by atoms with Crippen molar-refractivity contribution in [1.29, 1.82) is 0 Å². The Morgan fingerprint density at radius 1 is 1.18 bits per heavy atom. The molecule has 1 aromatic rings. The Labute approximate surface area is 241 Å². The van der Waals surface area contributed by atoms with Crippen molar-refractivity contribution in [2.75, 3.05) is 6.61 Å². The van der Waals surface area contributed by atoms with E-state index in [0.29, 0.717) is 18.8 Å². The molecule has 2 aliphatic rings. The number of carbonyl (C=O) groups excluding carboxylic acids is 1. The van der Waals surface area contributed by atoms with Crippen molar-refractivity contribution in [3.8, 4) is 5.75 Å². The number of fused-ring (bicyclic) bond motifs is 1. The molecule has 0 amide bonds. The molecule has 3 rings (SSSR count). The van der Waals surface area contributed by atoms with Gasteiger partial charge in [-0.3, -0.25) is 4.79 Å². The van der Waals surface area contributed by atoms with Crippen LogP contribution in [0.5, 0.6) is 5.75 Å². The number of benzene rings is 1. The molecule has 0 N–H and O–H groups in total. The summed E-state index contributed by atoms with van der Waals surface area (Å²) in [6, 6.07) is 9.15. The van der Waals surface area contributed by atoms with Gasteiger partial charge in [0.15, 0.2) is 14.1 Å². The SMILES string of the molecule is C/C(=C\C/C=C(\Cl)CC[C@H]1C[C@@H]2OC(C)(C)OC[C@@H]2O1)[C@H](CC(=O)Oc1ccccc1)O[Si](C)(C)C(C)(C)C. The number of allylic oxidation sites excluding steroid dienone is 3. The lowest BCUT2D eigenvalue weighted by Gasteiger charge is -2.39. The minimum absolute atomic E-state index is 0.00257. The second kappa shape index (κ2) is 13.5. The van der Waals surface area contributed by atoms with Gasteiger partial charge in [0.25, 0.3) is 0 Å². The zero-order chi connectivity index (χ0) is 28.8. The lowest BCUT2D eigenvalue weighted by Crippen LogP contribution is -2.46. The molecule has 4 atom stereocenters. The number of ether oxygens (including phenoxy) is 4. The molecular weight excluding hydrogens is 532 g/mol. The van der Waals surface area contributed by atoms with Crippen molar-refractivity contribution >= 4 is 25.9 Å². The molecule has 39 heavy (non-hydrogen) atoms. The van der Waals surface area contributed by atoms with Crippen LogP contribution in [-0.4, -0.2) is 51.1 Å².